The first-order valence-corrected chi connectivity index (χ1v) is 4.16. The molecule has 0 saturated carbocycles. The summed E-state index contributed by atoms with van der Waals surface area (Å²) in [5.74, 6) is -1.08. The second-order valence-corrected chi connectivity index (χ2v) is 3.24. The summed E-state index contributed by atoms with van der Waals surface area (Å²) in [4.78, 5) is 10.5. The largest absolute Gasteiger partial charge is 0.508 e. The fourth-order valence-electron chi connectivity index (χ4n) is 1.37. The summed E-state index contributed by atoms with van der Waals surface area (Å²) in [6, 6.07) is 1.36. The van der Waals surface area contributed by atoms with Crippen LogP contribution in [0.3, 0.4) is 0 Å². The Balaban J connectivity index is 3.29. The van der Waals surface area contributed by atoms with Gasteiger partial charge in [0.15, 0.2) is 0 Å². The number of hydrogen-bond donors (Lipinski definition) is 3. The standard InChI is InChI=1S/C10H12O4/c1-5-3-8(11)7(4-9(12)13)6(2)10(5)14/h3,11,14H,4H2,1-2H3,(H,12,13). The number of hydrogen-bond acceptors (Lipinski definition) is 3. The van der Waals surface area contributed by atoms with E-state index < -0.39 is 5.97 Å². The molecular formula is C10H12O4. The lowest BCUT2D eigenvalue weighted by atomic mass is 10.0. The summed E-state index contributed by atoms with van der Waals surface area (Å²) in [5, 5.41) is 27.6. The van der Waals surface area contributed by atoms with E-state index in [1.165, 1.54) is 6.07 Å². The van der Waals surface area contributed by atoms with Crippen LogP contribution in [0.1, 0.15) is 16.7 Å². The van der Waals surface area contributed by atoms with E-state index in [2.05, 4.69) is 0 Å². The van der Waals surface area contributed by atoms with Crippen molar-refractivity contribution in [3.05, 3.63) is 22.8 Å². The Morgan fingerprint density at radius 3 is 2.43 bits per heavy atom. The first-order chi connectivity index (χ1) is 6.43. The van der Waals surface area contributed by atoms with Crippen LogP contribution in [0.4, 0.5) is 0 Å². The Bertz CT molecular complexity index is 382. The van der Waals surface area contributed by atoms with E-state index in [0.29, 0.717) is 11.1 Å². The molecule has 0 heterocycles. The second-order valence-electron chi connectivity index (χ2n) is 3.24. The van der Waals surface area contributed by atoms with Crippen LogP contribution >= 0.6 is 0 Å². The zero-order chi connectivity index (χ0) is 10.9. The van der Waals surface area contributed by atoms with E-state index >= 15 is 0 Å². The molecule has 1 aromatic carbocycles. The molecule has 0 unspecified atom stereocenters. The summed E-state index contributed by atoms with van der Waals surface area (Å²) in [7, 11) is 0. The van der Waals surface area contributed by atoms with Crippen LogP contribution in [0.5, 0.6) is 11.5 Å². The van der Waals surface area contributed by atoms with E-state index in [1.54, 1.807) is 13.8 Å². The quantitative estimate of drug-likeness (QED) is 0.624. The molecule has 4 nitrogen and oxygen atoms in total. The van der Waals surface area contributed by atoms with E-state index in [-0.39, 0.29) is 23.5 Å². The highest BCUT2D eigenvalue weighted by Crippen LogP contribution is 2.32. The van der Waals surface area contributed by atoms with Crippen molar-refractivity contribution in [1.29, 1.82) is 0 Å². The van der Waals surface area contributed by atoms with Gasteiger partial charge in [0.25, 0.3) is 0 Å². The maximum Gasteiger partial charge on any atom is 0.307 e. The molecule has 0 atom stereocenters. The molecule has 0 aromatic heterocycles. The number of aryl methyl sites for hydroxylation is 1. The third kappa shape index (κ3) is 1.79. The summed E-state index contributed by atoms with van der Waals surface area (Å²) >= 11 is 0. The van der Waals surface area contributed by atoms with Gasteiger partial charge in [-0.3, -0.25) is 4.79 Å². The number of phenols is 2. The normalized spacial score (nSPS) is 10.1. The van der Waals surface area contributed by atoms with Gasteiger partial charge < -0.3 is 15.3 Å². The van der Waals surface area contributed by atoms with Crippen LogP contribution in [0, 0.1) is 13.8 Å². The van der Waals surface area contributed by atoms with Crippen LogP contribution in [0.15, 0.2) is 6.07 Å². The van der Waals surface area contributed by atoms with Gasteiger partial charge in [0.1, 0.15) is 11.5 Å². The van der Waals surface area contributed by atoms with Gasteiger partial charge in [-0.2, -0.15) is 0 Å². The molecule has 0 aliphatic rings. The number of phenolic OH excluding ortho intramolecular Hbond substituents is 2. The van der Waals surface area contributed by atoms with E-state index in [4.69, 9.17) is 5.11 Å². The van der Waals surface area contributed by atoms with Crippen LogP contribution in [0.25, 0.3) is 0 Å². The third-order valence-electron chi connectivity index (χ3n) is 2.17. The van der Waals surface area contributed by atoms with Gasteiger partial charge >= 0.3 is 5.97 Å². The molecule has 0 spiro atoms. The van der Waals surface area contributed by atoms with E-state index in [0.717, 1.165) is 0 Å². The molecule has 0 saturated heterocycles. The van der Waals surface area contributed by atoms with Gasteiger partial charge in [0.05, 0.1) is 6.42 Å². The molecule has 0 radical (unpaired) electrons. The molecule has 1 rings (SSSR count). The van der Waals surface area contributed by atoms with Gasteiger partial charge in [-0.15, -0.1) is 0 Å². The minimum absolute atomic E-state index is 0.0408. The maximum atomic E-state index is 10.5. The first-order valence-electron chi connectivity index (χ1n) is 4.16. The minimum Gasteiger partial charge on any atom is -0.508 e. The number of carboxylic acids is 1. The van der Waals surface area contributed by atoms with Gasteiger partial charge in [-0.25, -0.2) is 0 Å². The Labute approximate surface area is 81.4 Å². The van der Waals surface area contributed by atoms with Crippen LogP contribution in [-0.4, -0.2) is 21.3 Å². The van der Waals surface area contributed by atoms with Crippen molar-refractivity contribution >= 4 is 5.97 Å². The first kappa shape index (κ1) is 10.4. The fourth-order valence-corrected chi connectivity index (χ4v) is 1.37. The van der Waals surface area contributed by atoms with Crippen molar-refractivity contribution in [2.45, 2.75) is 20.3 Å². The number of benzene rings is 1. The number of aromatic hydroxyl groups is 2. The lowest BCUT2D eigenvalue weighted by molar-refractivity contribution is -0.136. The Kier molecular flexibility index (Phi) is 2.65. The minimum atomic E-state index is -1.04. The van der Waals surface area contributed by atoms with Crippen molar-refractivity contribution in [3.8, 4) is 11.5 Å². The Morgan fingerprint density at radius 2 is 1.93 bits per heavy atom. The monoisotopic (exact) mass is 196 g/mol. The predicted octanol–water partition coefficient (Wildman–Crippen LogP) is 1.34. The fraction of sp³-hybridized carbons (Fsp3) is 0.300. The number of carboxylic acid groups (broad SMARTS) is 1. The zero-order valence-electron chi connectivity index (χ0n) is 8.03. The third-order valence-corrected chi connectivity index (χ3v) is 2.17. The maximum absolute atomic E-state index is 10.5. The summed E-state index contributed by atoms with van der Waals surface area (Å²) in [6.45, 7) is 3.23. The molecule has 0 aliphatic carbocycles. The second kappa shape index (κ2) is 3.57. The van der Waals surface area contributed by atoms with Gasteiger partial charge in [-0.05, 0) is 31.0 Å². The Hall–Kier alpha value is -1.71. The zero-order valence-corrected chi connectivity index (χ0v) is 8.03. The van der Waals surface area contributed by atoms with Crippen molar-refractivity contribution in [2.75, 3.05) is 0 Å². The molecular weight excluding hydrogens is 184 g/mol. The molecule has 1 aromatic rings. The van der Waals surface area contributed by atoms with E-state index in [9.17, 15) is 15.0 Å². The van der Waals surface area contributed by atoms with Crippen LogP contribution < -0.4 is 0 Å². The van der Waals surface area contributed by atoms with Gasteiger partial charge in [0.2, 0.25) is 0 Å². The number of carbonyl (C=O) groups is 1. The average molecular weight is 196 g/mol. The lowest BCUT2D eigenvalue weighted by Gasteiger charge is -2.10. The van der Waals surface area contributed by atoms with Gasteiger partial charge in [-0.1, -0.05) is 0 Å². The highest BCUT2D eigenvalue weighted by atomic mass is 16.4. The van der Waals surface area contributed by atoms with Crippen molar-refractivity contribution in [2.24, 2.45) is 0 Å². The molecule has 0 bridgehead atoms. The molecule has 0 amide bonds. The molecule has 0 fully saturated rings. The smallest absolute Gasteiger partial charge is 0.307 e. The highest BCUT2D eigenvalue weighted by Gasteiger charge is 2.14. The lowest BCUT2D eigenvalue weighted by Crippen LogP contribution is -2.03. The topological polar surface area (TPSA) is 77.8 Å². The van der Waals surface area contributed by atoms with Crippen LogP contribution in [-0.2, 0) is 11.2 Å². The predicted molar refractivity (Wildman–Crippen MR) is 50.6 cm³/mol. The SMILES string of the molecule is Cc1cc(O)c(CC(=O)O)c(C)c1O. The molecule has 76 valence electrons. The highest BCUT2D eigenvalue weighted by molar-refractivity contribution is 5.73. The summed E-state index contributed by atoms with van der Waals surface area (Å²) in [6.07, 6.45) is -0.286. The average Bonchev–Trinajstić information content (AvgIpc) is 2.09. The Morgan fingerprint density at radius 1 is 1.36 bits per heavy atom. The summed E-state index contributed by atoms with van der Waals surface area (Å²) < 4.78 is 0. The van der Waals surface area contributed by atoms with Gasteiger partial charge in [0, 0.05) is 5.56 Å². The van der Waals surface area contributed by atoms with Crippen molar-refractivity contribution in [1.82, 2.24) is 0 Å². The molecule has 0 aliphatic heterocycles. The molecule has 3 N–H and O–H groups in total. The summed E-state index contributed by atoms with van der Waals surface area (Å²) in [5.41, 5.74) is 1.22. The van der Waals surface area contributed by atoms with Crippen LogP contribution in [0.2, 0.25) is 0 Å². The number of rotatable bonds is 2. The van der Waals surface area contributed by atoms with E-state index in [1.807, 2.05) is 0 Å². The molecule has 4 heteroatoms. The number of aliphatic carboxylic acids is 1. The van der Waals surface area contributed by atoms with Crippen molar-refractivity contribution < 1.29 is 20.1 Å². The molecule has 14 heavy (non-hydrogen) atoms. The van der Waals surface area contributed by atoms with Crippen molar-refractivity contribution in [3.63, 3.8) is 0 Å².